The Morgan fingerprint density at radius 1 is 1.12 bits per heavy atom. The highest BCUT2D eigenvalue weighted by molar-refractivity contribution is 5.95. The van der Waals surface area contributed by atoms with Crippen molar-refractivity contribution < 1.29 is 9.59 Å². The fourth-order valence-corrected chi connectivity index (χ4v) is 4.30. The molecule has 7 nitrogen and oxygen atoms in total. The zero-order chi connectivity index (χ0) is 18.3. The summed E-state index contributed by atoms with van der Waals surface area (Å²) in [5.74, 6) is 1.60. The summed E-state index contributed by atoms with van der Waals surface area (Å²) in [6, 6.07) is 3.69. The van der Waals surface area contributed by atoms with Crippen LogP contribution in [0.25, 0.3) is 0 Å². The fourth-order valence-electron chi connectivity index (χ4n) is 4.30. The van der Waals surface area contributed by atoms with E-state index in [1.54, 1.807) is 12.3 Å². The molecule has 4 rings (SSSR count). The van der Waals surface area contributed by atoms with Crippen LogP contribution in [0, 0.1) is 11.8 Å². The molecule has 0 aromatic carbocycles. The van der Waals surface area contributed by atoms with Gasteiger partial charge in [0.1, 0.15) is 5.82 Å². The molecular formula is C19H27N5O2. The lowest BCUT2D eigenvalue weighted by atomic mass is 9.88. The van der Waals surface area contributed by atoms with Crippen molar-refractivity contribution in [3.8, 4) is 0 Å². The van der Waals surface area contributed by atoms with Crippen LogP contribution in [0.3, 0.4) is 0 Å². The number of hydrogen-bond acceptors (Lipinski definition) is 5. The number of aromatic nitrogens is 1. The van der Waals surface area contributed by atoms with E-state index in [1.165, 1.54) is 0 Å². The average Bonchev–Trinajstić information content (AvgIpc) is 3.10. The number of pyridine rings is 1. The number of piperidine rings is 1. The normalized spacial score (nSPS) is 27.0. The number of anilines is 1. The molecule has 0 N–H and O–H groups in total. The number of fused-ring (bicyclic) bond motifs is 1. The zero-order valence-electron chi connectivity index (χ0n) is 15.6. The standard InChI is InChI=1S/C19H27N5O2/c1-21-7-9-23(10-8-21)18(25)14-3-5-20-17(11-14)24-12-15-4-6-22(2)19(26)16(15)13-24/h3,5,11,15-16H,4,6-10,12-13H2,1-2H3/t15-,16+/m1/s1. The molecule has 3 aliphatic rings. The van der Waals surface area contributed by atoms with Crippen LogP contribution >= 0.6 is 0 Å². The number of amides is 2. The number of piperazine rings is 1. The Bertz CT molecular complexity index is 701. The Labute approximate surface area is 154 Å². The van der Waals surface area contributed by atoms with Crippen molar-refractivity contribution >= 4 is 17.6 Å². The van der Waals surface area contributed by atoms with Crippen LogP contribution in [0.2, 0.25) is 0 Å². The molecule has 0 radical (unpaired) electrons. The number of carbonyl (C=O) groups is 2. The van der Waals surface area contributed by atoms with Crippen molar-refractivity contribution in [2.24, 2.45) is 11.8 Å². The van der Waals surface area contributed by atoms with Crippen molar-refractivity contribution in [1.82, 2.24) is 19.7 Å². The van der Waals surface area contributed by atoms with Crippen LogP contribution < -0.4 is 4.90 Å². The van der Waals surface area contributed by atoms with Gasteiger partial charge >= 0.3 is 0 Å². The van der Waals surface area contributed by atoms with Gasteiger partial charge < -0.3 is 19.6 Å². The summed E-state index contributed by atoms with van der Waals surface area (Å²) in [5.41, 5.74) is 0.692. The second-order valence-corrected chi connectivity index (χ2v) is 7.82. The van der Waals surface area contributed by atoms with Crippen LogP contribution in [0.4, 0.5) is 5.82 Å². The van der Waals surface area contributed by atoms with E-state index in [2.05, 4.69) is 21.8 Å². The lowest BCUT2D eigenvalue weighted by molar-refractivity contribution is -0.137. The molecule has 0 saturated carbocycles. The summed E-state index contributed by atoms with van der Waals surface area (Å²) < 4.78 is 0. The quantitative estimate of drug-likeness (QED) is 0.766. The minimum atomic E-state index is 0.0625. The third-order valence-corrected chi connectivity index (χ3v) is 6.08. The highest BCUT2D eigenvalue weighted by Crippen LogP contribution is 2.33. The van der Waals surface area contributed by atoms with Crippen molar-refractivity contribution in [2.45, 2.75) is 6.42 Å². The molecule has 3 saturated heterocycles. The molecular weight excluding hydrogens is 330 g/mol. The number of hydrogen-bond donors (Lipinski definition) is 0. The Morgan fingerprint density at radius 3 is 2.65 bits per heavy atom. The first-order valence-corrected chi connectivity index (χ1v) is 9.47. The summed E-state index contributed by atoms with van der Waals surface area (Å²) in [4.78, 5) is 37.9. The smallest absolute Gasteiger partial charge is 0.254 e. The molecule has 1 aromatic rings. The minimum Gasteiger partial charge on any atom is -0.355 e. The molecule has 0 spiro atoms. The predicted molar refractivity (Wildman–Crippen MR) is 99.1 cm³/mol. The second-order valence-electron chi connectivity index (χ2n) is 7.82. The van der Waals surface area contributed by atoms with Crippen molar-refractivity contribution in [3.63, 3.8) is 0 Å². The minimum absolute atomic E-state index is 0.0625. The number of nitrogens with zero attached hydrogens (tertiary/aromatic N) is 5. The van der Waals surface area contributed by atoms with E-state index in [0.717, 1.165) is 51.5 Å². The van der Waals surface area contributed by atoms with Gasteiger partial charge in [-0.2, -0.15) is 0 Å². The molecule has 0 bridgehead atoms. The summed E-state index contributed by atoms with van der Waals surface area (Å²) >= 11 is 0. The summed E-state index contributed by atoms with van der Waals surface area (Å²) in [6.45, 7) is 5.74. The van der Waals surface area contributed by atoms with Gasteiger partial charge in [-0.15, -0.1) is 0 Å². The van der Waals surface area contributed by atoms with Crippen LogP contribution in [0.1, 0.15) is 16.8 Å². The monoisotopic (exact) mass is 357 g/mol. The molecule has 3 aliphatic heterocycles. The van der Waals surface area contributed by atoms with Crippen molar-refractivity contribution in [3.05, 3.63) is 23.9 Å². The molecule has 1 aromatic heterocycles. The van der Waals surface area contributed by atoms with Crippen molar-refractivity contribution in [2.75, 3.05) is 64.8 Å². The molecule has 140 valence electrons. The molecule has 26 heavy (non-hydrogen) atoms. The first-order valence-electron chi connectivity index (χ1n) is 9.47. The Morgan fingerprint density at radius 2 is 1.88 bits per heavy atom. The number of likely N-dealkylation sites (N-methyl/N-ethyl adjacent to an activating group) is 1. The second kappa shape index (κ2) is 6.87. The number of rotatable bonds is 2. The van der Waals surface area contributed by atoms with Gasteiger partial charge in [0.15, 0.2) is 0 Å². The third kappa shape index (κ3) is 3.16. The lowest BCUT2D eigenvalue weighted by Gasteiger charge is -2.32. The van der Waals surface area contributed by atoms with Gasteiger partial charge in [-0.25, -0.2) is 4.98 Å². The molecule has 3 fully saturated rings. The highest BCUT2D eigenvalue weighted by Gasteiger charge is 2.42. The maximum atomic E-state index is 12.8. The first kappa shape index (κ1) is 17.3. The van der Waals surface area contributed by atoms with E-state index < -0.39 is 0 Å². The molecule has 0 aliphatic carbocycles. The van der Waals surface area contributed by atoms with Gasteiger partial charge in [0.05, 0.1) is 5.92 Å². The van der Waals surface area contributed by atoms with Gasteiger partial charge in [-0.3, -0.25) is 9.59 Å². The van der Waals surface area contributed by atoms with Crippen LogP contribution in [-0.2, 0) is 4.79 Å². The third-order valence-electron chi connectivity index (χ3n) is 6.08. The van der Waals surface area contributed by atoms with Gasteiger partial charge in [0.2, 0.25) is 5.91 Å². The van der Waals surface area contributed by atoms with Crippen LogP contribution in [0.15, 0.2) is 18.3 Å². The maximum Gasteiger partial charge on any atom is 0.254 e. The van der Waals surface area contributed by atoms with E-state index in [-0.39, 0.29) is 17.7 Å². The van der Waals surface area contributed by atoms with Gasteiger partial charge in [-0.05, 0) is 31.5 Å². The van der Waals surface area contributed by atoms with E-state index >= 15 is 0 Å². The topological polar surface area (TPSA) is 60.0 Å². The number of likely N-dealkylation sites (tertiary alicyclic amines) is 1. The lowest BCUT2D eigenvalue weighted by Crippen LogP contribution is -2.47. The largest absolute Gasteiger partial charge is 0.355 e. The summed E-state index contributed by atoms with van der Waals surface area (Å²) in [7, 11) is 3.96. The van der Waals surface area contributed by atoms with E-state index in [1.807, 2.05) is 22.9 Å². The van der Waals surface area contributed by atoms with Gasteiger partial charge in [-0.1, -0.05) is 0 Å². The predicted octanol–water partition coefficient (Wildman–Crippen LogP) is 0.384. The van der Waals surface area contributed by atoms with E-state index in [0.29, 0.717) is 18.0 Å². The van der Waals surface area contributed by atoms with Gasteiger partial charge in [0.25, 0.3) is 5.91 Å². The molecule has 4 heterocycles. The molecule has 0 unspecified atom stereocenters. The van der Waals surface area contributed by atoms with Crippen LogP contribution in [0.5, 0.6) is 0 Å². The Kier molecular flexibility index (Phi) is 4.56. The highest BCUT2D eigenvalue weighted by atomic mass is 16.2. The van der Waals surface area contributed by atoms with Crippen molar-refractivity contribution in [1.29, 1.82) is 0 Å². The molecule has 2 amide bonds. The fraction of sp³-hybridized carbons (Fsp3) is 0.632. The average molecular weight is 357 g/mol. The summed E-state index contributed by atoms with van der Waals surface area (Å²) in [6.07, 6.45) is 2.76. The SMILES string of the molecule is CN1CCN(C(=O)c2ccnc(N3C[C@H]4CCN(C)C(=O)[C@H]4C3)c2)CC1. The molecule has 7 heteroatoms. The van der Waals surface area contributed by atoms with E-state index in [4.69, 9.17) is 0 Å². The first-order chi connectivity index (χ1) is 12.5. The Balaban J connectivity index is 1.48. The zero-order valence-corrected chi connectivity index (χ0v) is 15.6. The molecule has 2 atom stereocenters. The summed E-state index contributed by atoms with van der Waals surface area (Å²) in [5, 5.41) is 0. The van der Waals surface area contributed by atoms with E-state index in [9.17, 15) is 9.59 Å². The Hall–Kier alpha value is -2.15. The van der Waals surface area contributed by atoms with Gasteiger partial charge in [0, 0.05) is 64.6 Å². The maximum absolute atomic E-state index is 12.8. The number of carbonyl (C=O) groups excluding carboxylic acids is 2. The van der Waals surface area contributed by atoms with Crippen LogP contribution in [-0.4, -0.2) is 91.4 Å².